The first-order chi connectivity index (χ1) is 8.85. The van der Waals surface area contributed by atoms with Gasteiger partial charge in [-0.15, -0.1) is 0 Å². The Bertz CT molecular complexity index is 544. The zero-order chi connectivity index (χ0) is 14.0. The fourth-order valence-corrected chi connectivity index (χ4v) is 2.41. The Balaban J connectivity index is 2.21. The molecular weight excluding hydrogens is 244 g/mol. The first-order valence-electron chi connectivity index (χ1n) is 6.18. The Labute approximate surface area is 111 Å². The number of ketones is 1. The Hall–Kier alpha value is -2.04. The van der Waals surface area contributed by atoms with Gasteiger partial charge < -0.3 is 0 Å². The van der Waals surface area contributed by atoms with E-state index in [2.05, 4.69) is 18.8 Å². The summed E-state index contributed by atoms with van der Waals surface area (Å²) >= 11 is 0. The van der Waals surface area contributed by atoms with E-state index in [1.54, 1.807) is 12.1 Å². The van der Waals surface area contributed by atoms with Gasteiger partial charge in [0.15, 0.2) is 0 Å². The summed E-state index contributed by atoms with van der Waals surface area (Å²) in [6.07, 6.45) is 1.77. The molecule has 0 spiro atoms. The maximum atomic E-state index is 11.7. The van der Waals surface area contributed by atoms with Crippen molar-refractivity contribution in [3.8, 4) is 0 Å². The van der Waals surface area contributed by atoms with Gasteiger partial charge in [-0.1, -0.05) is 13.8 Å². The number of nitro groups is 1. The molecule has 1 aromatic carbocycles. The fourth-order valence-electron chi connectivity index (χ4n) is 2.41. The molecule has 1 aliphatic rings. The van der Waals surface area contributed by atoms with Crippen molar-refractivity contribution in [1.82, 2.24) is 0 Å². The van der Waals surface area contributed by atoms with E-state index in [9.17, 15) is 14.9 Å². The van der Waals surface area contributed by atoms with Gasteiger partial charge in [0.1, 0.15) is 5.78 Å². The van der Waals surface area contributed by atoms with E-state index in [4.69, 9.17) is 0 Å². The number of non-ortho nitro benzene ring substituents is 1. The maximum Gasteiger partial charge on any atom is 0.269 e. The van der Waals surface area contributed by atoms with Crippen LogP contribution in [0, 0.1) is 15.5 Å². The van der Waals surface area contributed by atoms with Gasteiger partial charge in [0, 0.05) is 30.7 Å². The van der Waals surface area contributed by atoms with E-state index in [0.29, 0.717) is 18.5 Å². The summed E-state index contributed by atoms with van der Waals surface area (Å²) in [5.41, 5.74) is 1.51. The first-order valence-corrected chi connectivity index (χ1v) is 6.18. The normalized spacial score (nSPS) is 20.5. The Morgan fingerprint density at radius 2 is 1.84 bits per heavy atom. The monoisotopic (exact) mass is 260 g/mol. The van der Waals surface area contributed by atoms with Gasteiger partial charge in [-0.2, -0.15) is 0 Å². The number of carbonyl (C=O) groups is 1. The molecule has 0 heterocycles. The van der Waals surface area contributed by atoms with E-state index in [1.807, 2.05) is 0 Å². The van der Waals surface area contributed by atoms with E-state index in [0.717, 1.165) is 12.1 Å². The van der Waals surface area contributed by atoms with Crippen molar-refractivity contribution in [2.45, 2.75) is 33.1 Å². The molecule has 1 fully saturated rings. The molecule has 0 N–H and O–H groups in total. The van der Waals surface area contributed by atoms with E-state index >= 15 is 0 Å². The number of nitro benzene ring substituents is 1. The molecule has 100 valence electrons. The highest BCUT2D eigenvalue weighted by molar-refractivity contribution is 6.05. The first kappa shape index (κ1) is 13.4. The second-order valence-corrected chi connectivity index (χ2v) is 5.68. The molecule has 1 aliphatic carbocycles. The van der Waals surface area contributed by atoms with Crippen LogP contribution >= 0.6 is 0 Å². The minimum atomic E-state index is -0.440. The molecule has 0 atom stereocenters. The minimum absolute atomic E-state index is 0.0454. The predicted molar refractivity (Wildman–Crippen MR) is 72.8 cm³/mol. The highest BCUT2D eigenvalue weighted by atomic mass is 16.6. The van der Waals surface area contributed by atoms with Gasteiger partial charge in [0.05, 0.1) is 10.6 Å². The van der Waals surface area contributed by atoms with E-state index in [-0.39, 0.29) is 16.9 Å². The summed E-state index contributed by atoms with van der Waals surface area (Å²) in [5, 5.41) is 10.6. The number of carbonyl (C=O) groups excluding carboxylic acids is 1. The Kier molecular flexibility index (Phi) is 3.46. The lowest BCUT2D eigenvalue weighted by Gasteiger charge is -2.29. The zero-order valence-electron chi connectivity index (χ0n) is 11.0. The Morgan fingerprint density at radius 1 is 1.21 bits per heavy atom. The fraction of sp³-hybridized carbons (Fsp3) is 0.429. The minimum Gasteiger partial charge on any atom is -0.299 e. The van der Waals surface area contributed by atoms with Gasteiger partial charge in [0.2, 0.25) is 0 Å². The van der Waals surface area contributed by atoms with Crippen LogP contribution in [-0.4, -0.2) is 16.4 Å². The average molecular weight is 260 g/mol. The number of rotatable bonds is 2. The van der Waals surface area contributed by atoms with Gasteiger partial charge in [-0.25, -0.2) is 0 Å². The summed E-state index contributed by atoms with van der Waals surface area (Å²) < 4.78 is 0. The van der Waals surface area contributed by atoms with Crippen LogP contribution in [0.25, 0.3) is 0 Å². The molecule has 1 saturated carbocycles. The number of nitrogens with zero attached hydrogens (tertiary/aromatic N) is 2. The van der Waals surface area contributed by atoms with Crippen LogP contribution in [0.4, 0.5) is 11.4 Å². The lowest BCUT2D eigenvalue weighted by atomic mass is 9.76. The van der Waals surface area contributed by atoms with Crippen molar-refractivity contribution in [3.63, 3.8) is 0 Å². The number of benzene rings is 1. The lowest BCUT2D eigenvalue weighted by molar-refractivity contribution is -0.384. The smallest absolute Gasteiger partial charge is 0.269 e. The highest BCUT2D eigenvalue weighted by Gasteiger charge is 2.30. The quantitative estimate of drug-likeness (QED) is 0.604. The summed E-state index contributed by atoms with van der Waals surface area (Å²) in [6, 6.07) is 6.07. The topological polar surface area (TPSA) is 72.6 Å². The molecule has 5 nitrogen and oxygen atoms in total. The molecular formula is C14H16N2O3. The standard InChI is InChI=1S/C14H16N2O3/c1-14(2)8-11(7-13(17)9-14)15-10-3-5-12(6-4-10)16(18)19/h3-6H,7-9H2,1-2H3. The summed E-state index contributed by atoms with van der Waals surface area (Å²) in [7, 11) is 0. The molecule has 0 bridgehead atoms. The Morgan fingerprint density at radius 3 is 2.37 bits per heavy atom. The van der Waals surface area contributed by atoms with Crippen LogP contribution in [0.3, 0.4) is 0 Å². The largest absolute Gasteiger partial charge is 0.299 e. The third kappa shape index (κ3) is 3.47. The summed E-state index contributed by atoms with van der Waals surface area (Å²) in [4.78, 5) is 26.2. The van der Waals surface area contributed by atoms with Gasteiger partial charge in [0.25, 0.3) is 5.69 Å². The molecule has 0 unspecified atom stereocenters. The predicted octanol–water partition coefficient (Wildman–Crippen LogP) is 3.45. The third-order valence-electron chi connectivity index (χ3n) is 3.11. The molecule has 0 aromatic heterocycles. The number of hydrogen-bond donors (Lipinski definition) is 0. The van der Waals surface area contributed by atoms with Crippen molar-refractivity contribution >= 4 is 22.9 Å². The van der Waals surface area contributed by atoms with Crippen molar-refractivity contribution in [2.24, 2.45) is 10.4 Å². The molecule has 0 amide bonds. The summed E-state index contributed by atoms with van der Waals surface area (Å²) in [5.74, 6) is 0.205. The number of hydrogen-bond acceptors (Lipinski definition) is 4. The molecule has 0 saturated heterocycles. The maximum absolute atomic E-state index is 11.7. The van der Waals surface area contributed by atoms with Crippen molar-refractivity contribution in [1.29, 1.82) is 0 Å². The SMILES string of the molecule is CC1(C)CC(=O)CC(=Nc2ccc([N+](=O)[O-])cc2)C1. The molecule has 0 radical (unpaired) electrons. The van der Waals surface area contributed by atoms with Crippen LogP contribution in [0.15, 0.2) is 29.3 Å². The molecule has 19 heavy (non-hydrogen) atoms. The molecule has 5 heteroatoms. The average Bonchev–Trinajstić information content (AvgIpc) is 2.26. The number of Topliss-reactive ketones (excluding diaryl/α,β-unsaturated/α-hetero) is 1. The van der Waals surface area contributed by atoms with Crippen LogP contribution < -0.4 is 0 Å². The summed E-state index contributed by atoms with van der Waals surface area (Å²) in [6.45, 7) is 4.10. The van der Waals surface area contributed by atoms with Gasteiger partial charge in [-0.3, -0.25) is 19.9 Å². The lowest BCUT2D eigenvalue weighted by Crippen LogP contribution is -2.28. The third-order valence-corrected chi connectivity index (χ3v) is 3.11. The van der Waals surface area contributed by atoms with Crippen molar-refractivity contribution in [3.05, 3.63) is 34.4 Å². The highest BCUT2D eigenvalue weighted by Crippen LogP contribution is 2.33. The van der Waals surface area contributed by atoms with E-state index in [1.165, 1.54) is 12.1 Å². The van der Waals surface area contributed by atoms with Crippen LogP contribution in [-0.2, 0) is 4.79 Å². The van der Waals surface area contributed by atoms with Crippen LogP contribution in [0.2, 0.25) is 0 Å². The second kappa shape index (κ2) is 4.91. The van der Waals surface area contributed by atoms with Crippen LogP contribution in [0.1, 0.15) is 33.1 Å². The van der Waals surface area contributed by atoms with Crippen molar-refractivity contribution in [2.75, 3.05) is 0 Å². The molecule has 1 aromatic rings. The van der Waals surface area contributed by atoms with Crippen molar-refractivity contribution < 1.29 is 9.72 Å². The number of aliphatic imine (C=N–C) groups is 1. The molecule has 2 rings (SSSR count). The van der Waals surface area contributed by atoms with Crippen LogP contribution in [0.5, 0.6) is 0 Å². The second-order valence-electron chi connectivity index (χ2n) is 5.68. The van der Waals surface area contributed by atoms with Gasteiger partial charge >= 0.3 is 0 Å². The zero-order valence-corrected chi connectivity index (χ0v) is 11.0. The van der Waals surface area contributed by atoms with Gasteiger partial charge in [-0.05, 0) is 24.0 Å². The van der Waals surface area contributed by atoms with E-state index < -0.39 is 4.92 Å². The molecule has 0 aliphatic heterocycles.